The summed E-state index contributed by atoms with van der Waals surface area (Å²) in [6.45, 7) is 0. The molecule has 2 heterocycles. The third-order valence-electron chi connectivity index (χ3n) is 3.24. The molecule has 0 saturated heterocycles. The molecule has 0 saturated carbocycles. The minimum absolute atomic E-state index is 0.0679. The number of carbonyl (C=O) groups is 1. The average molecular weight is 413 g/mol. The van der Waals surface area contributed by atoms with Gasteiger partial charge in [-0.2, -0.15) is 0 Å². The van der Waals surface area contributed by atoms with Gasteiger partial charge in [-0.15, -0.1) is 0 Å². The first kappa shape index (κ1) is 16.4. The number of rotatable bonds is 4. The Balaban J connectivity index is 2.28. The number of hydrogen-bond acceptors (Lipinski definition) is 4. The lowest BCUT2D eigenvalue weighted by atomic mass is 10.1. The van der Waals surface area contributed by atoms with Crippen molar-refractivity contribution in [1.82, 2.24) is 15.0 Å². The highest BCUT2D eigenvalue weighted by Gasteiger charge is 2.23. The van der Waals surface area contributed by atoms with Gasteiger partial charge in [0.15, 0.2) is 11.6 Å². The Morgan fingerprint density at radius 1 is 1.39 bits per heavy atom. The number of aromatic nitrogens is 3. The van der Waals surface area contributed by atoms with E-state index in [9.17, 15) is 9.35 Å². The van der Waals surface area contributed by atoms with E-state index in [1.165, 1.54) is 6.26 Å². The fourth-order valence-electron chi connectivity index (χ4n) is 2.32. The number of benzene rings is 1. The molecule has 1 unspecified atom stereocenters. The molecule has 0 aliphatic rings. The van der Waals surface area contributed by atoms with Crippen LogP contribution in [0.3, 0.4) is 0 Å². The van der Waals surface area contributed by atoms with Crippen molar-refractivity contribution >= 4 is 55.4 Å². The molecule has 0 fully saturated rings. The van der Waals surface area contributed by atoms with Gasteiger partial charge < -0.3 is 9.54 Å². The second-order valence-corrected chi connectivity index (χ2v) is 7.60. The van der Waals surface area contributed by atoms with Crippen LogP contribution in [-0.2, 0) is 11.2 Å². The second kappa shape index (κ2) is 6.60. The highest BCUT2D eigenvalue weighted by Crippen LogP contribution is 2.35. The van der Waals surface area contributed by atoms with Gasteiger partial charge in [0, 0.05) is 27.8 Å². The summed E-state index contributed by atoms with van der Waals surface area (Å²) in [6, 6.07) is 5.25. The molecule has 1 atom stereocenters. The first-order valence-corrected chi connectivity index (χ1v) is 9.48. The lowest BCUT2D eigenvalue weighted by Gasteiger charge is -2.05. The third-order valence-corrected chi connectivity index (χ3v) is 5.11. The zero-order chi connectivity index (χ0) is 16.6. The highest BCUT2D eigenvalue weighted by molar-refractivity contribution is 9.10. The Morgan fingerprint density at radius 2 is 2.09 bits per heavy atom. The molecule has 3 rings (SSSR count). The molecule has 118 valence electrons. The lowest BCUT2D eigenvalue weighted by molar-refractivity contribution is 0.101. The van der Waals surface area contributed by atoms with Gasteiger partial charge in [0.05, 0.1) is 22.5 Å². The smallest absolute Gasteiger partial charge is 0.228 e. The molecule has 0 aliphatic carbocycles. The van der Waals surface area contributed by atoms with Gasteiger partial charge >= 0.3 is 0 Å². The maximum atomic E-state index is 12.5. The summed E-state index contributed by atoms with van der Waals surface area (Å²) >= 11 is 8.32. The van der Waals surface area contributed by atoms with Crippen LogP contribution in [0, 0.1) is 0 Å². The van der Waals surface area contributed by atoms with Crippen molar-refractivity contribution in [1.29, 1.82) is 0 Å². The summed E-state index contributed by atoms with van der Waals surface area (Å²) in [5.41, 5.74) is 1.65. The van der Waals surface area contributed by atoms with Crippen LogP contribution in [0.1, 0.15) is 10.5 Å². The molecule has 5 nitrogen and oxygen atoms in total. The zero-order valence-corrected chi connectivity index (χ0v) is 15.1. The van der Waals surface area contributed by atoms with Crippen molar-refractivity contribution in [2.45, 2.75) is 0 Å². The Labute approximate surface area is 148 Å². The van der Waals surface area contributed by atoms with E-state index in [0.717, 1.165) is 10.9 Å². The van der Waals surface area contributed by atoms with E-state index < -0.39 is 11.2 Å². The van der Waals surface area contributed by atoms with Crippen molar-refractivity contribution in [3.8, 4) is 11.4 Å². The van der Waals surface area contributed by atoms with Crippen molar-refractivity contribution in [2.24, 2.45) is 0 Å². The summed E-state index contributed by atoms with van der Waals surface area (Å²) in [7, 11) is 0. The number of fused-ring (bicyclic) bond motifs is 1. The molecule has 0 spiro atoms. The molecule has 1 N–H and O–H groups in total. The van der Waals surface area contributed by atoms with Gasteiger partial charge in [0.2, 0.25) is 5.78 Å². The number of aromatic amines is 1. The largest absolute Gasteiger partial charge is 0.616 e. The molecule has 0 amide bonds. The van der Waals surface area contributed by atoms with Gasteiger partial charge in [0.1, 0.15) is 0 Å². The lowest BCUT2D eigenvalue weighted by Crippen LogP contribution is -2.15. The molecule has 0 radical (unpaired) electrons. The van der Waals surface area contributed by atoms with Gasteiger partial charge in [-0.1, -0.05) is 11.6 Å². The van der Waals surface area contributed by atoms with Crippen LogP contribution >= 0.6 is 27.5 Å². The van der Waals surface area contributed by atoms with Crippen molar-refractivity contribution in [3.05, 3.63) is 45.8 Å². The number of nitrogens with one attached hydrogen (secondary N) is 1. The molecule has 0 aliphatic heterocycles. The van der Waals surface area contributed by atoms with Crippen LogP contribution < -0.4 is 0 Å². The fraction of sp³-hybridized carbons (Fsp3) is 0.133. The SMILES string of the molecule is C[S+]([O-])CC(=O)c1[nH]c2cc(Br)c(Cl)cc2c1-c1ncccn1. The first-order valence-electron chi connectivity index (χ1n) is 6.58. The quantitative estimate of drug-likeness (QED) is 0.524. The maximum Gasteiger partial charge on any atom is 0.228 e. The third kappa shape index (κ3) is 3.28. The van der Waals surface area contributed by atoms with Gasteiger partial charge in [-0.3, -0.25) is 4.79 Å². The molecule has 3 aromatic rings. The Bertz CT molecular complexity index is 883. The first-order chi connectivity index (χ1) is 11.0. The van der Waals surface area contributed by atoms with E-state index in [2.05, 4.69) is 30.9 Å². The van der Waals surface area contributed by atoms with Crippen LogP contribution in [0.15, 0.2) is 35.1 Å². The highest BCUT2D eigenvalue weighted by atomic mass is 79.9. The summed E-state index contributed by atoms with van der Waals surface area (Å²) in [5.74, 6) is 0.0979. The van der Waals surface area contributed by atoms with Gasteiger partial charge in [0.25, 0.3) is 0 Å². The number of Topliss-reactive ketones (excluding diaryl/α,β-unsaturated/α-hetero) is 1. The monoisotopic (exact) mass is 411 g/mol. The van der Waals surface area contributed by atoms with Crippen molar-refractivity contribution < 1.29 is 9.35 Å². The number of ketones is 1. The summed E-state index contributed by atoms with van der Waals surface area (Å²) in [4.78, 5) is 24.0. The zero-order valence-electron chi connectivity index (χ0n) is 12.0. The van der Waals surface area contributed by atoms with E-state index >= 15 is 0 Å². The molecule has 2 aromatic heterocycles. The Kier molecular flexibility index (Phi) is 4.72. The summed E-state index contributed by atoms with van der Waals surface area (Å²) in [6.07, 6.45) is 4.70. The van der Waals surface area contributed by atoms with E-state index in [4.69, 9.17) is 11.6 Å². The van der Waals surface area contributed by atoms with Crippen LogP contribution in [0.25, 0.3) is 22.3 Å². The topological polar surface area (TPSA) is 81.7 Å². The average Bonchev–Trinajstić information content (AvgIpc) is 2.86. The predicted molar refractivity (Wildman–Crippen MR) is 95.3 cm³/mol. The standard InChI is InChI=1S/C15H11BrClN3O2S/c1-23(22)7-12(21)14-13(15-18-3-2-4-19-15)8-5-10(17)9(16)6-11(8)20-14/h2-6,20H,7H2,1H3. The molecule has 23 heavy (non-hydrogen) atoms. The normalized spacial score (nSPS) is 12.5. The second-order valence-electron chi connectivity index (χ2n) is 4.90. The van der Waals surface area contributed by atoms with Gasteiger partial charge in [-0.05, 0) is 45.3 Å². The van der Waals surface area contributed by atoms with E-state index in [1.807, 2.05) is 0 Å². The molecular formula is C15H11BrClN3O2S. The number of hydrogen-bond donors (Lipinski definition) is 1. The van der Waals surface area contributed by atoms with Crippen LogP contribution in [-0.4, -0.2) is 37.3 Å². The van der Waals surface area contributed by atoms with E-state index in [-0.39, 0.29) is 11.5 Å². The summed E-state index contributed by atoms with van der Waals surface area (Å²) in [5, 5.41) is 1.27. The number of halogens is 2. The van der Waals surface area contributed by atoms with Crippen LogP contribution in [0.4, 0.5) is 0 Å². The Morgan fingerprint density at radius 3 is 2.74 bits per heavy atom. The van der Waals surface area contributed by atoms with Crippen molar-refractivity contribution in [2.75, 3.05) is 12.0 Å². The maximum absolute atomic E-state index is 12.5. The minimum Gasteiger partial charge on any atom is -0.616 e. The van der Waals surface area contributed by atoms with Gasteiger partial charge in [-0.25, -0.2) is 9.97 Å². The predicted octanol–water partition coefficient (Wildman–Crippen LogP) is 3.60. The van der Waals surface area contributed by atoms with Crippen molar-refractivity contribution in [3.63, 3.8) is 0 Å². The number of nitrogens with zero attached hydrogens (tertiary/aromatic N) is 2. The fourth-order valence-corrected chi connectivity index (χ4v) is 3.34. The Hall–Kier alpha value is -1.41. The van der Waals surface area contributed by atoms with E-state index in [1.54, 1.807) is 30.6 Å². The number of carbonyl (C=O) groups excluding carboxylic acids is 1. The van der Waals surface area contributed by atoms with Crippen LogP contribution in [0.5, 0.6) is 0 Å². The molecule has 0 bridgehead atoms. The minimum atomic E-state index is -1.24. The number of H-pyrrole nitrogens is 1. The molecule has 8 heteroatoms. The molecular weight excluding hydrogens is 402 g/mol. The summed E-state index contributed by atoms with van der Waals surface area (Å²) < 4.78 is 12.1. The van der Waals surface area contributed by atoms with Crippen LogP contribution in [0.2, 0.25) is 5.02 Å². The van der Waals surface area contributed by atoms with E-state index in [0.29, 0.717) is 26.6 Å². The molecule has 1 aromatic carbocycles.